The van der Waals surface area contributed by atoms with Crippen molar-refractivity contribution in [2.45, 2.75) is 18.9 Å². The van der Waals surface area contributed by atoms with E-state index in [2.05, 4.69) is 0 Å². The first kappa shape index (κ1) is 13.0. The van der Waals surface area contributed by atoms with Gasteiger partial charge >= 0.3 is 5.97 Å². The molecule has 1 atom stereocenters. The molecule has 0 N–H and O–H groups in total. The molecule has 0 aromatic heterocycles. The Bertz CT molecular complexity index is 553. The number of esters is 1. The lowest BCUT2D eigenvalue weighted by Gasteiger charge is -2.22. The first-order chi connectivity index (χ1) is 8.48. The smallest absolute Gasteiger partial charge is 0.341 e. The minimum atomic E-state index is -3.14. The molecule has 98 valence electrons. The Hall–Kier alpha value is -1.43. The van der Waals surface area contributed by atoms with E-state index in [0.717, 1.165) is 6.07 Å². The minimum absolute atomic E-state index is 0.126. The van der Waals surface area contributed by atoms with Crippen LogP contribution in [0.2, 0.25) is 0 Å². The number of hydrogen-bond acceptors (Lipinski definition) is 4. The number of carbonyl (C=O) groups is 1. The second kappa shape index (κ2) is 5.06. The van der Waals surface area contributed by atoms with Gasteiger partial charge in [0.15, 0.2) is 9.84 Å². The highest BCUT2D eigenvalue weighted by molar-refractivity contribution is 7.91. The Balaban J connectivity index is 2.06. The molecule has 1 aliphatic heterocycles. The predicted molar refractivity (Wildman–Crippen MR) is 63.5 cm³/mol. The SMILES string of the molecule is O=C(O[C@H]1CCCS(=O)(=O)C1)c1ccccc1F. The van der Waals surface area contributed by atoms with Gasteiger partial charge in [-0.2, -0.15) is 0 Å². The van der Waals surface area contributed by atoms with Gasteiger partial charge in [0.25, 0.3) is 0 Å². The van der Waals surface area contributed by atoms with E-state index >= 15 is 0 Å². The molecule has 0 amide bonds. The van der Waals surface area contributed by atoms with Gasteiger partial charge in [0.05, 0.1) is 17.1 Å². The Morgan fingerprint density at radius 2 is 2.06 bits per heavy atom. The van der Waals surface area contributed by atoms with Crippen LogP contribution in [0.3, 0.4) is 0 Å². The van der Waals surface area contributed by atoms with Crippen molar-refractivity contribution in [2.24, 2.45) is 0 Å². The summed E-state index contributed by atoms with van der Waals surface area (Å²) in [5.74, 6) is -1.52. The van der Waals surface area contributed by atoms with Gasteiger partial charge in [0.2, 0.25) is 0 Å². The van der Waals surface area contributed by atoms with E-state index in [1.165, 1.54) is 18.2 Å². The Morgan fingerprint density at radius 1 is 1.33 bits per heavy atom. The molecule has 1 saturated heterocycles. The van der Waals surface area contributed by atoms with Gasteiger partial charge < -0.3 is 4.74 Å². The number of sulfone groups is 1. The average Bonchev–Trinajstić information content (AvgIpc) is 2.28. The fraction of sp³-hybridized carbons (Fsp3) is 0.417. The van der Waals surface area contributed by atoms with E-state index in [1.54, 1.807) is 0 Å². The van der Waals surface area contributed by atoms with Crippen LogP contribution in [0.1, 0.15) is 23.2 Å². The topological polar surface area (TPSA) is 60.4 Å². The lowest BCUT2D eigenvalue weighted by molar-refractivity contribution is 0.0318. The third-order valence-corrected chi connectivity index (χ3v) is 4.58. The van der Waals surface area contributed by atoms with Gasteiger partial charge in [-0.3, -0.25) is 0 Å². The summed E-state index contributed by atoms with van der Waals surface area (Å²) in [6.45, 7) is 0. The van der Waals surface area contributed by atoms with Crippen molar-refractivity contribution in [1.29, 1.82) is 0 Å². The van der Waals surface area contributed by atoms with Gasteiger partial charge in [-0.15, -0.1) is 0 Å². The first-order valence-corrected chi connectivity index (χ1v) is 7.46. The molecule has 0 saturated carbocycles. The van der Waals surface area contributed by atoms with Crippen molar-refractivity contribution < 1.29 is 22.3 Å². The van der Waals surface area contributed by atoms with Crippen molar-refractivity contribution in [3.05, 3.63) is 35.6 Å². The van der Waals surface area contributed by atoms with E-state index < -0.39 is 27.7 Å². The molecule has 1 aliphatic rings. The standard InChI is InChI=1S/C12H13FO4S/c13-11-6-2-1-5-10(11)12(14)17-9-4-3-7-18(15,16)8-9/h1-2,5-6,9H,3-4,7-8H2/t9-/m0/s1. The summed E-state index contributed by atoms with van der Waals surface area (Å²) < 4.78 is 41.1. The summed E-state index contributed by atoms with van der Waals surface area (Å²) in [7, 11) is -3.14. The maximum Gasteiger partial charge on any atom is 0.341 e. The normalized spacial score (nSPS) is 22.4. The molecule has 4 nitrogen and oxygen atoms in total. The van der Waals surface area contributed by atoms with Gasteiger partial charge in [-0.05, 0) is 25.0 Å². The molecule has 2 rings (SSSR count). The average molecular weight is 272 g/mol. The fourth-order valence-corrected chi connectivity index (χ4v) is 3.49. The molecule has 1 aromatic carbocycles. The quantitative estimate of drug-likeness (QED) is 0.767. The molecule has 18 heavy (non-hydrogen) atoms. The van der Waals surface area contributed by atoms with E-state index in [1.807, 2.05) is 0 Å². The highest BCUT2D eigenvalue weighted by atomic mass is 32.2. The molecule has 1 fully saturated rings. The van der Waals surface area contributed by atoms with Crippen LogP contribution in [0.25, 0.3) is 0 Å². The maximum absolute atomic E-state index is 13.3. The number of rotatable bonds is 2. The summed E-state index contributed by atoms with van der Waals surface area (Å²) in [6.07, 6.45) is 0.299. The highest BCUT2D eigenvalue weighted by Gasteiger charge is 2.28. The van der Waals surface area contributed by atoms with Crippen LogP contribution in [0.5, 0.6) is 0 Å². The molecule has 6 heteroatoms. The maximum atomic E-state index is 13.3. The first-order valence-electron chi connectivity index (χ1n) is 5.64. The van der Waals surface area contributed by atoms with Crippen molar-refractivity contribution in [1.82, 2.24) is 0 Å². The summed E-state index contributed by atoms with van der Waals surface area (Å²) in [5.41, 5.74) is -0.166. The van der Waals surface area contributed by atoms with Crippen molar-refractivity contribution >= 4 is 15.8 Å². The van der Waals surface area contributed by atoms with Crippen molar-refractivity contribution in [3.8, 4) is 0 Å². The van der Waals surface area contributed by atoms with Crippen molar-refractivity contribution in [3.63, 3.8) is 0 Å². The monoisotopic (exact) mass is 272 g/mol. The zero-order valence-electron chi connectivity index (χ0n) is 9.63. The number of benzene rings is 1. The number of carbonyl (C=O) groups excluding carboxylic acids is 1. The van der Waals surface area contributed by atoms with Gasteiger partial charge in [-0.25, -0.2) is 17.6 Å². The molecule has 1 heterocycles. The van der Waals surface area contributed by atoms with Crippen LogP contribution < -0.4 is 0 Å². The molecule has 1 aromatic rings. The van der Waals surface area contributed by atoms with Crippen LogP contribution in [-0.4, -0.2) is 32.0 Å². The van der Waals surface area contributed by atoms with Crippen molar-refractivity contribution in [2.75, 3.05) is 11.5 Å². The molecule has 0 aliphatic carbocycles. The fourth-order valence-electron chi connectivity index (χ4n) is 1.92. The van der Waals surface area contributed by atoms with Crippen LogP contribution in [0.15, 0.2) is 24.3 Å². The summed E-state index contributed by atoms with van der Waals surface area (Å²) in [6, 6.07) is 5.47. The number of hydrogen-bond donors (Lipinski definition) is 0. The van der Waals surface area contributed by atoms with Gasteiger partial charge in [0.1, 0.15) is 11.9 Å². The van der Waals surface area contributed by atoms with Crippen LogP contribution in [-0.2, 0) is 14.6 Å². The zero-order chi connectivity index (χ0) is 13.2. The second-order valence-corrected chi connectivity index (χ2v) is 6.49. The minimum Gasteiger partial charge on any atom is -0.458 e. The van der Waals surface area contributed by atoms with E-state index in [9.17, 15) is 17.6 Å². The third kappa shape index (κ3) is 3.07. The van der Waals surface area contributed by atoms with Crippen LogP contribution in [0, 0.1) is 5.82 Å². The lowest BCUT2D eigenvalue weighted by atomic mass is 10.2. The Morgan fingerprint density at radius 3 is 2.72 bits per heavy atom. The predicted octanol–water partition coefficient (Wildman–Crippen LogP) is 1.56. The van der Waals surface area contributed by atoms with Gasteiger partial charge in [-0.1, -0.05) is 12.1 Å². The Labute approximate surface area is 105 Å². The zero-order valence-corrected chi connectivity index (χ0v) is 10.5. The van der Waals surface area contributed by atoms with Crippen LogP contribution >= 0.6 is 0 Å². The molecule has 0 spiro atoms. The molecular formula is C12H13FO4S. The number of halogens is 1. The second-order valence-electron chi connectivity index (χ2n) is 4.26. The molecular weight excluding hydrogens is 259 g/mol. The van der Waals surface area contributed by atoms with Gasteiger partial charge in [0, 0.05) is 0 Å². The molecule has 0 radical (unpaired) electrons. The van der Waals surface area contributed by atoms with E-state index in [4.69, 9.17) is 4.74 Å². The lowest BCUT2D eigenvalue weighted by Crippen LogP contribution is -2.33. The summed E-state index contributed by atoms with van der Waals surface area (Å²) in [4.78, 5) is 11.7. The van der Waals surface area contributed by atoms with E-state index in [0.29, 0.717) is 12.8 Å². The molecule has 0 bridgehead atoms. The summed E-state index contributed by atoms with van der Waals surface area (Å²) >= 11 is 0. The largest absolute Gasteiger partial charge is 0.458 e. The Kier molecular flexibility index (Phi) is 3.65. The number of ether oxygens (including phenoxy) is 1. The van der Waals surface area contributed by atoms with E-state index in [-0.39, 0.29) is 17.1 Å². The highest BCUT2D eigenvalue weighted by Crippen LogP contribution is 2.17. The molecule has 0 unspecified atom stereocenters. The third-order valence-electron chi connectivity index (χ3n) is 2.79. The summed E-state index contributed by atoms with van der Waals surface area (Å²) in [5, 5.41) is 0. The van der Waals surface area contributed by atoms with Crippen LogP contribution in [0.4, 0.5) is 4.39 Å².